The Labute approximate surface area is 75.9 Å². The van der Waals surface area contributed by atoms with Gasteiger partial charge in [0.25, 0.3) is 5.71 Å². The zero-order chi connectivity index (χ0) is 9.26. The van der Waals surface area contributed by atoms with Crippen molar-refractivity contribution >= 4 is 11.1 Å². The Kier molecular flexibility index (Phi) is 1.98. The summed E-state index contributed by atoms with van der Waals surface area (Å²) in [5.74, 6) is 0. The largest absolute Gasteiger partial charge is 0.336 e. The van der Waals surface area contributed by atoms with Crippen molar-refractivity contribution in [2.45, 2.75) is 13.5 Å². The number of pyridine rings is 1. The van der Waals surface area contributed by atoms with Gasteiger partial charge in [-0.25, -0.2) is 4.98 Å². The molecule has 2 rings (SSSR count). The first kappa shape index (κ1) is 8.19. The minimum atomic E-state index is 0.609. The molecular formula is C9H11N3O. The Morgan fingerprint density at radius 3 is 3.15 bits per heavy atom. The van der Waals surface area contributed by atoms with Crippen LogP contribution in [0.25, 0.3) is 11.1 Å². The molecule has 0 unspecified atom stereocenters. The summed E-state index contributed by atoms with van der Waals surface area (Å²) in [6, 6.07) is 2.05. The monoisotopic (exact) mass is 177 g/mol. The van der Waals surface area contributed by atoms with Gasteiger partial charge in [-0.2, -0.15) is 0 Å². The van der Waals surface area contributed by atoms with E-state index in [1.165, 1.54) is 0 Å². The number of fused-ring (bicyclic) bond motifs is 1. The van der Waals surface area contributed by atoms with Crippen molar-refractivity contribution in [2.75, 3.05) is 7.05 Å². The lowest BCUT2D eigenvalue weighted by Crippen LogP contribution is -2.04. The second-order valence-corrected chi connectivity index (χ2v) is 2.99. The summed E-state index contributed by atoms with van der Waals surface area (Å²) < 4.78 is 5.00. The molecule has 0 atom stereocenters. The summed E-state index contributed by atoms with van der Waals surface area (Å²) in [6.07, 6.45) is 1.80. The van der Waals surface area contributed by atoms with Crippen LogP contribution in [0.5, 0.6) is 0 Å². The number of nitrogens with zero attached hydrogens (tertiary/aromatic N) is 2. The molecule has 2 aromatic rings. The van der Waals surface area contributed by atoms with Crippen molar-refractivity contribution in [1.29, 1.82) is 0 Å². The van der Waals surface area contributed by atoms with Crippen LogP contribution in [0.2, 0.25) is 0 Å². The molecule has 0 spiro atoms. The topological polar surface area (TPSA) is 51.0 Å². The van der Waals surface area contributed by atoms with Gasteiger partial charge in [0.1, 0.15) is 0 Å². The molecule has 0 fully saturated rings. The summed E-state index contributed by atoms with van der Waals surface area (Å²) in [6.45, 7) is 2.73. The minimum absolute atomic E-state index is 0.609. The molecule has 4 nitrogen and oxygen atoms in total. The van der Waals surface area contributed by atoms with Crippen molar-refractivity contribution in [3.05, 3.63) is 23.5 Å². The van der Waals surface area contributed by atoms with Crippen LogP contribution in [0.15, 0.2) is 16.8 Å². The smallest absolute Gasteiger partial charge is 0.257 e. The third-order valence-electron chi connectivity index (χ3n) is 1.95. The first-order chi connectivity index (χ1) is 6.31. The van der Waals surface area contributed by atoms with E-state index in [0.717, 1.165) is 23.2 Å². The van der Waals surface area contributed by atoms with Crippen molar-refractivity contribution in [3.8, 4) is 0 Å². The summed E-state index contributed by atoms with van der Waals surface area (Å²) in [4.78, 5) is 4.15. The van der Waals surface area contributed by atoms with Gasteiger partial charge in [0.2, 0.25) is 0 Å². The van der Waals surface area contributed by atoms with Crippen molar-refractivity contribution in [1.82, 2.24) is 15.5 Å². The Balaban J connectivity index is 2.53. The number of nitrogens with one attached hydrogen (secondary N) is 1. The third-order valence-corrected chi connectivity index (χ3v) is 1.95. The normalized spacial score (nSPS) is 10.9. The molecule has 0 amide bonds. The first-order valence-corrected chi connectivity index (χ1v) is 4.17. The highest BCUT2D eigenvalue weighted by Gasteiger charge is 2.05. The van der Waals surface area contributed by atoms with Gasteiger partial charge in [-0.3, -0.25) is 0 Å². The van der Waals surface area contributed by atoms with Crippen LogP contribution in [0.3, 0.4) is 0 Å². The molecule has 2 heterocycles. The molecule has 0 bridgehead atoms. The Bertz CT molecular complexity index is 422. The van der Waals surface area contributed by atoms with Crippen LogP contribution in [-0.2, 0) is 6.54 Å². The van der Waals surface area contributed by atoms with Crippen LogP contribution < -0.4 is 5.32 Å². The average molecular weight is 177 g/mol. The van der Waals surface area contributed by atoms with Gasteiger partial charge in [0, 0.05) is 12.7 Å². The highest BCUT2D eigenvalue weighted by atomic mass is 16.5. The second-order valence-electron chi connectivity index (χ2n) is 2.99. The molecule has 0 aliphatic heterocycles. The Morgan fingerprint density at radius 2 is 2.38 bits per heavy atom. The summed E-state index contributed by atoms with van der Waals surface area (Å²) in [7, 11) is 1.91. The van der Waals surface area contributed by atoms with Crippen molar-refractivity contribution in [3.63, 3.8) is 0 Å². The van der Waals surface area contributed by atoms with E-state index < -0.39 is 0 Å². The van der Waals surface area contributed by atoms with E-state index in [-0.39, 0.29) is 0 Å². The molecule has 68 valence electrons. The van der Waals surface area contributed by atoms with Gasteiger partial charge in [-0.1, -0.05) is 5.16 Å². The second kappa shape index (κ2) is 3.14. The van der Waals surface area contributed by atoms with E-state index in [4.69, 9.17) is 4.52 Å². The Morgan fingerprint density at radius 1 is 1.54 bits per heavy atom. The predicted molar refractivity (Wildman–Crippen MR) is 49.3 cm³/mol. The lowest BCUT2D eigenvalue weighted by molar-refractivity contribution is 0.443. The van der Waals surface area contributed by atoms with Crippen LogP contribution >= 0.6 is 0 Å². The summed E-state index contributed by atoms with van der Waals surface area (Å²) in [5.41, 5.74) is 2.64. The van der Waals surface area contributed by atoms with Crippen LogP contribution in [0, 0.1) is 6.92 Å². The number of rotatable bonds is 2. The number of aromatic nitrogens is 2. The number of hydrogen-bond donors (Lipinski definition) is 1. The quantitative estimate of drug-likeness (QED) is 0.750. The molecule has 0 radical (unpaired) electrons. The van der Waals surface area contributed by atoms with Crippen LogP contribution in [0.1, 0.15) is 11.3 Å². The Hall–Kier alpha value is -1.42. The van der Waals surface area contributed by atoms with Gasteiger partial charge in [0.15, 0.2) is 0 Å². The van der Waals surface area contributed by atoms with Gasteiger partial charge >= 0.3 is 0 Å². The molecule has 4 heteroatoms. The lowest BCUT2D eigenvalue weighted by Gasteiger charge is -1.97. The average Bonchev–Trinajstić information content (AvgIpc) is 2.49. The van der Waals surface area contributed by atoms with Crippen LogP contribution in [-0.4, -0.2) is 17.2 Å². The fourth-order valence-electron chi connectivity index (χ4n) is 1.29. The maximum atomic E-state index is 5.00. The molecule has 13 heavy (non-hydrogen) atoms. The molecular weight excluding hydrogens is 166 g/mol. The maximum absolute atomic E-state index is 5.00. The van der Waals surface area contributed by atoms with Gasteiger partial charge < -0.3 is 9.84 Å². The van der Waals surface area contributed by atoms with Crippen molar-refractivity contribution < 1.29 is 4.52 Å². The first-order valence-electron chi connectivity index (χ1n) is 4.17. The van der Waals surface area contributed by atoms with Crippen molar-refractivity contribution in [2.24, 2.45) is 0 Å². The number of aryl methyl sites for hydroxylation is 1. The van der Waals surface area contributed by atoms with E-state index in [1.807, 2.05) is 20.0 Å². The summed E-state index contributed by atoms with van der Waals surface area (Å²) >= 11 is 0. The van der Waals surface area contributed by atoms with Gasteiger partial charge in [-0.05, 0) is 25.6 Å². The van der Waals surface area contributed by atoms with Gasteiger partial charge in [0.05, 0.1) is 11.1 Å². The fraction of sp³-hybridized carbons (Fsp3) is 0.333. The van der Waals surface area contributed by atoms with Crippen LogP contribution in [0.4, 0.5) is 0 Å². The van der Waals surface area contributed by atoms with E-state index in [1.54, 1.807) is 6.20 Å². The molecule has 0 saturated heterocycles. The lowest BCUT2D eigenvalue weighted by atomic mass is 10.2. The fourth-order valence-corrected chi connectivity index (χ4v) is 1.29. The van der Waals surface area contributed by atoms with E-state index in [2.05, 4.69) is 15.5 Å². The standard InChI is InChI=1S/C9H11N3O/c1-6-8-3-7(4-10-2)5-11-9(8)13-12-6/h3,5,10H,4H2,1-2H3. The van der Waals surface area contributed by atoms with E-state index in [9.17, 15) is 0 Å². The van der Waals surface area contributed by atoms with Gasteiger partial charge in [-0.15, -0.1) is 0 Å². The maximum Gasteiger partial charge on any atom is 0.257 e. The molecule has 0 aliphatic carbocycles. The summed E-state index contributed by atoms with van der Waals surface area (Å²) in [5, 5.41) is 7.90. The SMILES string of the molecule is CNCc1cnc2onc(C)c2c1. The highest BCUT2D eigenvalue weighted by Crippen LogP contribution is 2.16. The minimum Gasteiger partial charge on any atom is -0.336 e. The predicted octanol–water partition coefficient (Wildman–Crippen LogP) is 1.25. The zero-order valence-corrected chi connectivity index (χ0v) is 7.66. The van der Waals surface area contributed by atoms with E-state index >= 15 is 0 Å². The zero-order valence-electron chi connectivity index (χ0n) is 7.66. The molecule has 2 aromatic heterocycles. The molecule has 1 N–H and O–H groups in total. The molecule has 0 aliphatic rings. The molecule has 0 saturated carbocycles. The number of hydrogen-bond acceptors (Lipinski definition) is 4. The third kappa shape index (κ3) is 1.40. The molecule has 0 aromatic carbocycles. The van der Waals surface area contributed by atoms with E-state index in [0.29, 0.717) is 5.71 Å². The highest BCUT2D eigenvalue weighted by molar-refractivity contribution is 5.75.